The number of benzene rings is 1. The van der Waals surface area contributed by atoms with Gasteiger partial charge < -0.3 is 9.88 Å². The van der Waals surface area contributed by atoms with Crippen LogP contribution in [0.2, 0.25) is 0 Å². The highest BCUT2D eigenvalue weighted by Crippen LogP contribution is 2.16. The van der Waals surface area contributed by atoms with Crippen molar-refractivity contribution in [2.24, 2.45) is 4.40 Å². The molecule has 0 bridgehead atoms. The zero-order valence-corrected chi connectivity index (χ0v) is 14.2. The van der Waals surface area contributed by atoms with Crippen LogP contribution in [0.4, 0.5) is 5.69 Å². The number of hydrogen-bond donors (Lipinski definition) is 1. The fourth-order valence-electron chi connectivity index (χ4n) is 1.94. The first kappa shape index (κ1) is 16.4. The van der Waals surface area contributed by atoms with E-state index in [-0.39, 0.29) is 10.8 Å². The fraction of sp³-hybridized carbons (Fsp3) is 0.286. The predicted octanol–water partition coefficient (Wildman–Crippen LogP) is 2.13. The molecule has 1 aromatic carbocycles. The summed E-state index contributed by atoms with van der Waals surface area (Å²) in [7, 11) is -3.78. The van der Waals surface area contributed by atoms with E-state index in [1.807, 2.05) is 23.8 Å². The third-order valence-electron chi connectivity index (χ3n) is 2.98. The Bertz CT molecular complexity index is 846. The van der Waals surface area contributed by atoms with Gasteiger partial charge in [0.15, 0.2) is 0 Å². The molecular formula is C14H17N3O3S2. The second kappa shape index (κ2) is 6.45. The number of amides is 1. The van der Waals surface area contributed by atoms with E-state index in [9.17, 15) is 13.2 Å². The summed E-state index contributed by atoms with van der Waals surface area (Å²) >= 11 is 1.29. The van der Waals surface area contributed by atoms with E-state index in [2.05, 4.69) is 9.71 Å². The molecule has 0 atom stereocenters. The van der Waals surface area contributed by atoms with Gasteiger partial charge in [0.25, 0.3) is 10.0 Å². The molecule has 0 aliphatic heterocycles. The molecule has 1 amide bonds. The maximum absolute atomic E-state index is 12.4. The molecule has 0 aliphatic carbocycles. The third kappa shape index (κ3) is 3.63. The summed E-state index contributed by atoms with van der Waals surface area (Å²) in [6.07, 6.45) is 0. The SMILES string of the molecule is CCn1c(C)csc1=NS(=O)(=O)c1ccc(NC(C)=O)cc1. The highest BCUT2D eigenvalue weighted by Gasteiger charge is 2.13. The molecule has 0 unspecified atom stereocenters. The molecule has 2 rings (SSSR count). The van der Waals surface area contributed by atoms with E-state index in [1.54, 1.807) is 0 Å². The Morgan fingerprint density at radius 3 is 2.50 bits per heavy atom. The molecule has 0 aliphatic rings. The normalized spacial score (nSPS) is 12.4. The van der Waals surface area contributed by atoms with Crippen LogP contribution < -0.4 is 10.1 Å². The van der Waals surface area contributed by atoms with Crippen molar-refractivity contribution in [3.8, 4) is 0 Å². The maximum atomic E-state index is 12.4. The lowest BCUT2D eigenvalue weighted by Gasteiger charge is -2.04. The van der Waals surface area contributed by atoms with Gasteiger partial charge in [0, 0.05) is 30.2 Å². The van der Waals surface area contributed by atoms with E-state index in [1.165, 1.54) is 42.5 Å². The number of anilines is 1. The fourth-order valence-corrected chi connectivity index (χ4v) is 4.10. The van der Waals surface area contributed by atoms with Gasteiger partial charge in [-0.25, -0.2) is 0 Å². The second-order valence-corrected chi connectivity index (χ2v) is 7.12. The Labute approximate surface area is 133 Å². The van der Waals surface area contributed by atoms with Crippen molar-refractivity contribution >= 4 is 33.0 Å². The summed E-state index contributed by atoms with van der Waals surface area (Å²) in [6.45, 7) is 5.90. The number of aryl methyl sites for hydroxylation is 1. The minimum Gasteiger partial charge on any atom is -0.326 e. The predicted molar refractivity (Wildman–Crippen MR) is 86.2 cm³/mol. The van der Waals surface area contributed by atoms with E-state index in [4.69, 9.17) is 0 Å². The number of sulfonamides is 1. The maximum Gasteiger partial charge on any atom is 0.285 e. The van der Waals surface area contributed by atoms with Gasteiger partial charge in [-0.05, 0) is 38.1 Å². The molecule has 22 heavy (non-hydrogen) atoms. The van der Waals surface area contributed by atoms with Gasteiger partial charge in [-0.3, -0.25) is 4.79 Å². The Morgan fingerprint density at radius 2 is 1.95 bits per heavy atom. The van der Waals surface area contributed by atoms with Gasteiger partial charge in [0.05, 0.1) is 4.90 Å². The summed E-state index contributed by atoms with van der Waals surface area (Å²) in [4.78, 5) is 11.5. The van der Waals surface area contributed by atoms with Crippen molar-refractivity contribution in [3.05, 3.63) is 40.1 Å². The van der Waals surface area contributed by atoms with Crippen molar-refractivity contribution in [3.63, 3.8) is 0 Å². The monoisotopic (exact) mass is 339 g/mol. The lowest BCUT2D eigenvalue weighted by molar-refractivity contribution is -0.114. The summed E-state index contributed by atoms with van der Waals surface area (Å²) in [5, 5.41) is 4.46. The average molecular weight is 339 g/mol. The number of nitrogens with one attached hydrogen (secondary N) is 1. The molecule has 0 radical (unpaired) electrons. The van der Waals surface area contributed by atoms with Gasteiger partial charge in [-0.1, -0.05) is 0 Å². The number of aromatic nitrogens is 1. The van der Waals surface area contributed by atoms with Crippen LogP contribution in [0.5, 0.6) is 0 Å². The van der Waals surface area contributed by atoms with Crippen LogP contribution in [0, 0.1) is 6.92 Å². The van der Waals surface area contributed by atoms with Gasteiger partial charge in [-0.15, -0.1) is 15.7 Å². The molecule has 0 spiro atoms. The number of nitrogens with zero attached hydrogens (tertiary/aromatic N) is 2. The topological polar surface area (TPSA) is 80.5 Å². The number of hydrogen-bond acceptors (Lipinski definition) is 4. The van der Waals surface area contributed by atoms with Crippen molar-refractivity contribution in [1.29, 1.82) is 0 Å². The van der Waals surface area contributed by atoms with E-state index in [0.717, 1.165) is 5.69 Å². The first-order valence-corrected chi connectivity index (χ1v) is 8.99. The van der Waals surface area contributed by atoms with Crippen molar-refractivity contribution < 1.29 is 13.2 Å². The third-order valence-corrected chi connectivity index (χ3v) is 5.36. The zero-order valence-electron chi connectivity index (χ0n) is 12.5. The molecule has 6 nitrogen and oxygen atoms in total. The molecule has 8 heteroatoms. The van der Waals surface area contributed by atoms with Crippen LogP contribution in [0.1, 0.15) is 19.5 Å². The van der Waals surface area contributed by atoms with E-state index < -0.39 is 10.0 Å². The second-order valence-electron chi connectivity index (χ2n) is 4.68. The first-order chi connectivity index (χ1) is 10.3. The van der Waals surface area contributed by atoms with Gasteiger partial charge in [0.1, 0.15) is 0 Å². The largest absolute Gasteiger partial charge is 0.326 e. The molecule has 1 heterocycles. The van der Waals surface area contributed by atoms with Crippen LogP contribution in [-0.4, -0.2) is 18.9 Å². The molecule has 1 aromatic heterocycles. The Hall–Kier alpha value is -1.93. The Morgan fingerprint density at radius 1 is 1.32 bits per heavy atom. The summed E-state index contributed by atoms with van der Waals surface area (Å²) in [6, 6.07) is 5.94. The number of carbonyl (C=O) groups is 1. The van der Waals surface area contributed by atoms with E-state index in [0.29, 0.717) is 17.0 Å². The van der Waals surface area contributed by atoms with Crippen molar-refractivity contribution in [1.82, 2.24) is 4.57 Å². The van der Waals surface area contributed by atoms with Crippen LogP contribution in [0.25, 0.3) is 0 Å². The van der Waals surface area contributed by atoms with Crippen molar-refractivity contribution in [2.75, 3.05) is 5.32 Å². The number of carbonyl (C=O) groups excluding carboxylic acids is 1. The highest BCUT2D eigenvalue weighted by molar-refractivity contribution is 7.90. The lowest BCUT2D eigenvalue weighted by Crippen LogP contribution is -2.17. The molecule has 0 fully saturated rings. The van der Waals surface area contributed by atoms with Crippen LogP contribution in [-0.2, 0) is 21.4 Å². The molecule has 118 valence electrons. The molecule has 0 saturated carbocycles. The summed E-state index contributed by atoms with van der Waals surface area (Å²) in [5.41, 5.74) is 1.52. The lowest BCUT2D eigenvalue weighted by atomic mass is 10.3. The number of thiazole rings is 1. The minimum absolute atomic E-state index is 0.0929. The van der Waals surface area contributed by atoms with Gasteiger partial charge in [0.2, 0.25) is 10.7 Å². The minimum atomic E-state index is -3.78. The smallest absolute Gasteiger partial charge is 0.285 e. The summed E-state index contributed by atoms with van der Waals surface area (Å²) < 4.78 is 30.5. The highest BCUT2D eigenvalue weighted by atomic mass is 32.2. The number of rotatable bonds is 4. The molecule has 2 aromatic rings. The van der Waals surface area contributed by atoms with Crippen LogP contribution in [0.15, 0.2) is 38.9 Å². The van der Waals surface area contributed by atoms with Gasteiger partial charge >= 0.3 is 0 Å². The first-order valence-electron chi connectivity index (χ1n) is 6.67. The van der Waals surface area contributed by atoms with Crippen LogP contribution in [0.3, 0.4) is 0 Å². The molecule has 0 saturated heterocycles. The van der Waals surface area contributed by atoms with Crippen molar-refractivity contribution in [2.45, 2.75) is 32.2 Å². The summed E-state index contributed by atoms with van der Waals surface area (Å²) in [5.74, 6) is -0.210. The van der Waals surface area contributed by atoms with Crippen LogP contribution >= 0.6 is 11.3 Å². The quantitative estimate of drug-likeness (QED) is 0.926. The van der Waals surface area contributed by atoms with Gasteiger partial charge in [-0.2, -0.15) is 8.42 Å². The Balaban J connectivity index is 2.40. The zero-order chi connectivity index (χ0) is 16.3. The Kier molecular flexibility index (Phi) is 4.82. The average Bonchev–Trinajstić information content (AvgIpc) is 2.78. The van der Waals surface area contributed by atoms with E-state index >= 15 is 0 Å². The molecule has 1 N–H and O–H groups in total. The standard InChI is InChI=1S/C14H17N3O3S2/c1-4-17-10(2)9-21-14(17)16-22(19,20)13-7-5-12(6-8-13)15-11(3)18/h5-9H,4H2,1-3H3,(H,15,18). The molecular weight excluding hydrogens is 322 g/mol.